The van der Waals surface area contributed by atoms with E-state index in [0.29, 0.717) is 46.3 Å². The van der Waals surface area contributed by atoms with Crippen molar-refractivity contribution in [2.45, 2.75) is 33.4 Å². The van der Waals surface area contributed by atoms with E-state index < -0.39 is 5.97 Å². The number of aromatic nitrogens is 1. The highest BCUT2D eigenvalue weighted by atomic mass is 16.4. The van der Waals surface area contributed by atoms with Gasteiger partial charge in [0.2, 0.25) is 0 Å². The first-order valence-corrected chi connectivity index (χ1v) is 11.4. The molecular weight excluding hydrogens is 456 g/mol. The van der Waals surface area contributed by atoms with Gasteiger partial charge in [-0.3, -0.25) is 9.69 Å². The number of hydrogen-bond acceptors (Lipinski definition) is 6. The highest BCUT2D eigenvalue weighted by molar-refractivity contribution is 6.10. The minimum absolute atomic E-state index is 0.136. The Bertz CT molecular complexity index is 1410. The first-order valence-electron chi connectivity index (χ1n) is 11.4. The number of fused-ring (bicyclic) bond motifs is 1. The van der Waals surface area contributed by atoms with Gasteiger partial charge in [-0.05, 0) is 73.4 Å². The molecule has 0 spiro atoms. The molecule has 3 N–H and O–H groups in total. The number of nitrogens with two attached hydrogens (primary N) is 1. The second-order valence-corrected chi connectivity index (χ2v) is 8.96. The number of amides is 1. The van der Waals surface area contributed by atoms with Crippen LogP contribution >= 0.6 is 0 Å². The highest BCUT2D eigenvalue weighted by Gasteiger charge is 2.30. The highest BCUT2D eigenvalue weighted by Crippen LogP contribution is 2.34. The van der Waals surface area contributed by atoms with Crippen molar-refractivity contribution in [1.29, 1.82) is 0 Å². The van der Waals surface area contributed by atoms with Crippen molar-refractivity contribution >= 4 is 35.9 Å². The quantitative estimate of drug-likeness (QED) is 0.234. The second kappa shape index (κ2) is 9.61. The third-order valence-corrected chi connectivity index (χ3v) is 6.40. The molecule has 0 fully saturated rings. The Morgan fingerprint density at radius 1 is 1.19 bits per heavy atom. The van der Waals surface area contributed by atoms with Gasteiger partial charge in [0.25, 0.3) is 5.91 Å². The summed E-state index contributed by atoms with van der Waals surface area (Å²) in [5, 5.41) is 17.4. The lowest BCUT2D eigenvalue weighted by molar-refractivity contribution is 0.0696. The van der Waals surface area contributed by atoms with E-state index in [-0.39, 0.29) is 17.5 Å². The number of hydrogen-bond donors (Lipinski definition) is 2. The number of benzene rings is 2. The fraction of sp³-hybridized carbons (Fsp3) is 0.222. The average molecular weight is 485 g/mol. The van der Waals surface area contributed by atoms with Gasteiger partial charge in [0.05, 0.1) is 12.1 Å². The predicted octanol–water partition coefficient (Wildman–Crippen LogP) is 4.20. The lowest BCUT2D eigenvalue weighted by Gasteiger charge is -2.24. The van der Waals surface area contributed by atoms with E-state index in [9.17, 15) is 14.7 Å². The zero-order valence-corrected chi connectivity index (χ0v) is 20.7. The molecule has 3 aromatic rings. The predicted molar refractivity (Wildman–Crippen MR) is 142 cm³/mol. The number of nitrogen functional groups attached to an aromatic ring is 1. The van der Waals surface area contributed by atoms with Crippen LogP contribution in [0.25, 0.3) is 11.1 Å². The van der Waals surface area contributed by atoms with Gasteiger partial charge in [-0.1, -0.05) is 18.2 Å². The molecule has 1 amide bonds. The maximum Gasteiger partial charge on any atom is 0.336 e. The smallest absolute Gasteiger partial charge is 0.336 e. The number of carboxylic acid groups (broad SMARTS) is 1. The largest absolute Gasteiger partial charge is 0.478 e. The van der Waals surface area contributed by atoms with Crippen molar-refractivity contribution in [3.05, 3.63) is 76.5 Å². The topological polar surface area (TPSA) is 124 Å². The number of carboxylic acids is 1. The standard InChI is InChI=1S/C27H28N6O3/c1-15(2)32(5)25(31-29-4)23-7-6-8-24(30-23)33-14-18-10-9-17(11-22(18)26(33)34)20-12-19(28)13-21(16(20)3)27(35)36/h6-13,15H,4,14,28H2,1-3,5H3,(H,35,36)/b31-25-. The van der Waals surface area contributed by atoms with Crippen molar-refractivity contribution in [2.75, 3.05) is 17.7 Å². The van der Waals surface area contributed by atoms with Gasteiger partial charge in [0.15, 0.2) is 5.84 Å². The first kappa shape index (κ1) is 24.6. The molecule has 0 aliphatic carbocycles. The summed E-state index contributed by atoms with van der Waals surface area (Å²) < 4.78 is 0. The molecular formula is C27H28N6O3. The molecule has 2 aromatic carbocycles. The number of carbonyl (C=O) groups excluding carboxylic acids is 1. The number of carbonyl (C=O) groups is 2. The summed E-state index contributed by atoms with van der Waals surface area (Å²) in [6.07, 6.45) is 0. The monoisotopic (exact) mass is 484 g/mol. The van der Waals surface area contributed by atoms with Crippen molar-refractivity contribution in [1.82, 2.24) is 9.88 Å². The van der Waals surface area contributed by atoms with Crippen LogP contribution in [-0.4, -0.2) is 52.5 Å². The Kier molecular flexibility index (Phi) is 6.57. The third-order valence-electron chi connectivity index (χ3n) is 6.40. The Labute approximate surface area is 209 Å². The van der Waals surface area contributed by atoms with Crippen molar-refractivity contribution in [3.63, 3.8) is 0 Å². The number of pyridine rings is 1. The van der Waals surface area contributed by atoms with E-state index in [1.165, 1.54) is 6.07 Å². The Balaban J connectivity index is 1.70. The van der Waals surface area contributed by atoms with Crippen LogP contribution in [0.3, 0.4) is 0 Å². The summed E-state index contributed by atoms with van der Waals surface area (Å²) >= 11 is 0. The summed E-state index contributed by atoms with van der Waals surface area (Å²) in [7, 11) is 1.90. The lowest BCUT2D eigenvalue weighted by atomic mass is 9.93. The van der Waals surface area contributed by atoms with Crippen LogP contribution in [-0.2, 0) is 6.54 Å². The molecule has 9 nitrogen and oxygen atoms in total. The van der Waals surface area contributed by atoms with E-state index in [4.69, 9.17) is 10.7 Å². The Hall–Kier alpha value is -4.53. The number of anilines is 2. The van der Waals surface area contributed by atoms with Crippen LogP contribution in [0.4, 0.5) is 11.5 Å². The minimum Gasteiger partial charge on any atom is -0.478 e. The van der Waals surface area contributed by atoms with Gasteiger partial charge in [-0.2, -0.15) is 5.10 Å². The van der Waals surface area contributed by atoms with Crippen LogP contribution in [0.5, 0.6) is 0 Å². The second-order valence-electron chi connectivity index (χ2n) is 8.96. The van der Waals surface area contributed by atoms with Crippen LogP contribution < -0.4 is 10.6 Å². The van der Waals surface area contributed by atoms with E-state index in [0.717, 1.165) is 11.1 Å². The summed E-state index contributed by atoms with van der Waals surface area (Å²) in [5.41, 5.74) is 10.4. The van der Waals surface area contributed by atoms with Crippen LogP contribution in [0, 0.1) is 6.92 Å². The average Bonchev–Trinajstić information content (AvgIpc) is 3.19. The summed E-state index contributed by atoms with van der Waals surface area (Å²) in [6, 6.07) is 14.3. The Morgan fingerprint density at radius 3 is 2.61 bits per heavy atom. The van der Waals surface area contributed by atoms with Crippen LogP contribution in [0.1, 0.15) is 51.4 Å². The number of rotatable bonds is 6. The normalized spacial score (nSPS) is 13.2. The minimum atomic E-state index is -1.05. The van der Waals surface area contributed by atoms with Gasteiger partial charge < -0.3 is 15.7 Å². The molecule has 1 aromatic heterocycles. The summed E-state index contributed by atoms with van der Waals surface area (Å²) in [5.74, 6) is -0.181. The molecule has 184 valence electrons. The van der Waals surface area contributed by atoms with E-state index in [2.05, 4.69) is 16.9 Å². The maximum absolute atomic E-state index is 13.5. The van der Waals surface area contributed by atoms with Gasteiger partial charge in [-0.25, -0.2) is 9.78 Å². The van der Waals surface area contributed by atoms with Crippen LogP contribution in [0.15, 0.2) is 58.7 Å². The van der Waals surface area contributed by atoms with Crippen molar-refractivity contribution < 1.29 is 14.7 Å². The van der Waals surface area contributed by atoms with E-state index >= 15 is 0 Å². The van der Waals surface area contributed by atoms with Gasteiger partial charge in [-0.15, -0.1) is 5.10 Å². The Morgan fingerprint density at radius 2 is 1.94 bits per heavy atom. The molecule has 2 heterocycles. The molecule has 0 saturated carbocycles. The van der Waals surface area contributed by atoms with Gasteiger partial charge in [0.1, 0.15) is 11.5 Å². The fourth-order valence-corrected chi connectivity index (χ4v) is 4.22. The number of aromatic carboxylic acids is 1. The molecule has 0 radical (unpaired) electrons. The fourth-order valence-electron chi connectivity index (χ4n) is 4.22. The summed E-state index contributed by atoms with van der Waals surface area (Å²) in [4.78, 5) is 33.4. The molecule has 36 heavy (non-hydrogen) atoms. The molecule has 1 aliphatic heterocycles. The molecule has 1 aliphatic rings. The molecule has 0 saturated heterocycles. The van der Waals surface area contributed by atoms with E-state index in [1.54, 1.807) is 30.0 Å². The van der Waals surface area contributed by atoms with Gasteiger partial charge in [0, 0.05) is 31.1 Å². The van der Waals surface area contributed by atoms with Crippen LogP contribution in [0.2, 0.25) is 0 Å². The van der Waals surface area contributed by atoms with E-state index in [1.807, 2.05) is 50.1 Å². The van der Waals surface area contributed by atoms with Crippen molar-refractivity contribution in [2.24, 2.45) is 10.2 Å². The maximum atomic E-state index is 13.5. The summed E-state index contributed by atoms with van der Waals surface area (Å²) in [6.45, 7) is 9.63. The molecule has 4 rings (SSSR count). The molecule has 0 atom stereocenters. The number of nitrogens with zero attached hydrogens (tertiary/aromatic N) is 5. The zero-order chi connectivity index (χ0) is 26.1. The first-order chi connectivity index (χ1) is 17.1. The molecule has 0 unspecified atom stereocenters. The SMILES string of the molecule is C=N/N=C(/c1cccc(N2Cc3ccc(-c4cc(N)cc(C(=O)O)c4C)cc3C2=O)n1)N(C)C(C)C. The third kappa shape index (κ3) is 4.43. The van der Waals surface area contributed by atoms with Gasteiger partial charge >= 0.3 is 5.97 Å². The molecule has 0 bridgehead atoms. The zero-order valence-electron chi connectivity index (χ0n) is 20.7. The molecule has 9 heteroatoms. The lowest BCUT2D eigenvalue weighted by Crippen LogP contribution is -2.34. The number of amidine groups is 1. The van der Waals surface area contributed by atoms with Crippen molar-refractivity contribution in [3.8, 4) is 11.1 Å².